The van der Waals surface area contributed by atoms with Gasteiger partial charge in [0.15, 0.2) is 0 Å². The van der Waals surface area contributed by atoms with Crippen LogP contribution in [0.1, 0.15) is 53.4 Å². The number of nitrogens with two attached hydrogens (primary N) is 1. The standard InChI is InChI=1S/C13H28N2OS/c1-5-11(3)17-10-8-7-9-13(4,12(14)16)15-6-2/h11,15H,5-10H2,1-4H3,(H2,14,16). The monoisotopic (exact) mass is 260 g/mol. The highest BCUT2D eigenvalue weighted by atomic mass is 32.2. The second kappa shape index (κ2) is 8.81. The van der Waals surface area contributed by atoms with Crippen molar-refractivity contribution >= 4 is 17.7 Å². The van der Waals surface area contributed by atoms with Crippen molar-refractivity contribution in [3.8, 4) is 0 Å². The lowest BCUT2D eigenvalue weighted by molar-refractivity contribution is -0.124. The van der Waals surface area contributed by atoms with E-state index in [0.717, 1.165) is 31.1 Å². The molecule has 0 bridgehead atoms. The zero-order valence-corrected chi connectivity index (χ0v) is 12.5. The molecule has 0 aromatic heterocycles. The number of thioether (sulfide) groups is 1. The number of amides is 1. The van der Waals surface area contributed by atoms with Gasteiger partial charge in [0.05, 0.1) is 5.54 Å². The summed E-state index contributed by atoms with van der Waals surface area (Å²) in [4.78, 5) is 11.4. The van der Waals surface area contributed by atoms with Crippen LogP contribution in [0, 0.1) is 0 Å². The number of hydrogen-bond donors (Lipinski definition) is 2. The third kappa shape index (κ3) is 6.94. The summed E-state index contributed by atoms with van der Waals surface area (Å²) >= 11 is 2.01. The van der Waals surface area contributed by atoms with E-state index in [1.54, 1.807) is 0 Å². The van der Waals surface area contributed by atoms with Crippen molar-refractivity contribution in [1.82, 2.24) is 5.32 Å². The molecule has 4 heteroatoms. The van der Waals surface area contributed by atoms with E-state index in [0.29, 0.717) is 0 Å². The van der Waals surface area contributed by atoms with Gasteiger partial charge in [-0.15, -0.1) is 0 Å². The Morgan fingerprint density at radius 1 is 1.41 bits per heavy atom. The van der Waals surface area contributed by atoms with E-state index in [9.17, 15) is 4.79 Å². The first-order chi connectivity index (χ1) is 7.96. The SMILES string of the molecule is CCNC(C)(CCCCSC(C)CC)C(N)=O. The first-order valence-corrected chi connectivity index (χ1v) is 7.67. The number of hydrogen-bond acceptors (Lipinski definition) is 3. The maximum absolute atomic E-state index is 11.4. The van der Waals surface area contributed by atoms with Crippen LogP contribution >= 0.6 is 11.8 Å². The summed E-state index contributed by atoms with van der Waals surface area (Å²) in [5.41, 5.74) is 4.90. The van der Waals surface area contributed by atoms with Crippen molar-refractivity contribution < 1.29 is 4.79 Å². The van der Waals surface area contributed by atoms with Crippen LogP contribution < -0.4 is 11.1 Å². The van der Waals surface area contributed by atoms with E-state index in [4.69, 9.17) is 5.73 Å². The van der Waals surface area contributed by atoms with Gasteiger partial charge >= 0.3 is 0 Å². The Bertz CT molecular complexity index is 223. The molecule has 0 fully saturated rings. The molecule has 1 amide bonds. The molecule has 2 unspecified atom stereocenters. The Morgan fingerprint density at radius 3 is 2.53 bits per heavy atom. The first-order valence-electron chi connectivity index (χ1n) is 6.62. The Morgan fingerprint density at radius 2 is 2.06 bits per heavy atom. The highest BCUT2D eigenvalue weighted by molar-refractivity contribution is 7.99. The molecule has 0 aromatic carbocycles. The Balaban J connectivity index is 3.80. The van der Waals surface area contributed by atoms with Crippen LogP contribution in [0.25, 0.3) is 0 Å². The van der Waals surface area contributed by atoms with Gasteiger partial charge in [-0.3, -0.25) is 4.79 Å². The van der Waals surface area contributed by atoms with E-state index in [1.807, 2.05) is 25.6 Å². The molecule has 0 aliphatic carbocycles. The predicted molar refractivity (Wildman–Crippen MR) is 77.3 cm³/mol. The van der Waals surface area contributed by atoms with E-state index < -0.39 is 5.54 Å². The summed E-state index contributed by atoms with van der Waals surface area (Å²) in [6.45, 7) is 9.16. The van der Waals surface area contributed by atoms with Crippen LogP contribution in [0.15, 0.2) is 0 Å². The highest BCUT2D eigenvalue weighted by Crippen LogP contribution is 2.18. The molecule has 3 nitrogen and oxygen atoms in total. The minimum absolute atomic E-state index is 0.242. The Hall–Kier alpha value is -0.220. The number of unbranched alkanes of at least 4 members (excludes halogenated alkanes) is 1. The van der Waals surface area contributed by atoms with Crippen molar-refractivity contribution in [2.24, 2.45) is 5.73 Å². The molecule has 0 aliphatic rings. The summed E-state index contributed by atoms with van der Waals surface area (Å²) in [5.74, 6) is 0.935. The molecule has 0 heterocycles. The Kier molecular flexibility index (Phi) is 8.70. The molecule has 0 aromatic rings. The molecule has 0 saturated heterocycles. The molecular weight excluding hydrogens is 232 g/mol. The van der Waals surface area contributed by atoms with Crippen LogP contribution in [0.4, 0.5) is 0 Å². The van der Waals surface area contributed by atoms with Gasteiger partial charge in [-0.2, -0.15) is 11.8 Å². The maximum Gasteiger partial charge on any atom is 0.237 e. The third-order valence-corrected chi connectivity index (χ3v) is 4.59. The third-order valence-electron chi connectivity index (χ3n) is 3.16. The van der Waals surface area contributed by atoms with Gasteiger partial charge in [0.2, 0.25) is 5.91 Å². The van der Waals surface area contributed by atoms with Gasteiger partial charge in [0, 0.05) is 5.25 Å². The van der Waals surface area contributed by atoms with Crippen molar-refractivity contribution in [2.45, 2.75) is 64.2 Å². The van der Waals surface area contributed by atoms with Gasteiger partial charge in [-0.1, -0.05) is 27.2 Å². The van der Waals surface area contributed by atoms with Crippen molar-refractivity contribution in [3.05, 3.63) is 0 Å². The topological polar surface area (TPSA) is 55.1 Å². The van der Waals surface area contributed by atoms with E-state index >= 15 is 0 Å². The second-order valence-corrected chi connectivity index (χ2v) is 6.32. The van der Waals surface area contributed by atoms with Crippen LogP contribution in [0.2, 0.25) is 0 Å². The zero-order valence-electron chi connectivity index (χ0n) is 11.7. The van der Waals surface area contributed by atoms with Gasteiger partial charge in [0.1, 0.15) is 0 Å². The summed E-state index contributed by atoms with van der Waals surface area (Å²) in [6, 6.07) is 0. The van der Waals surface area contributed by atoms with Crippen molar-refractivity contribution in [2.75, 3.05) is 12.3 Å². The molecule has 0 aliphatic heterocycles. The number of nitrogens with one attached hydrogen (secondary N) is 1. The molecule has 17 heavy (non-hydrogen) atoms. The van der Waals surface area contributed by atoms with E-state index in [2.05, 4.69) is 19.2 Å². The fraction of sp³-hybridized carbons (Fsp3) is 0.923. The smallest absolute Gasteiger partial charge is 0.237 e. The largest absolute Gasteiger partial charge is 0.368 e. The molecule has 0 rings (SSSR count). The van der Waals surface area contributed by atoms with Gasteiger partial charge in [-0.25, -0.2) is 0 Å². The van der Waals surface area contributed by atoms with Gasteiger partial charge in [-0.05, 0) is 38.5 Å². The van der Waals surface area contributed by atoms with Crippen LogP contribution in [0.5, 0.6) is 0 Å². The Labute approximate surface area is 110 Å². The number of carbonyl (C=O) groups is 1. The fourth-order valence-corrected chi connectivity index (χ4v) is 2.68. The molecule has 0 radical (unpaired) electrons. The summed E-state index contributed by atoms with van der Waals surface area (Å²) in [7, 11) is 0. The number of carbonyl (C=O) groups excluding carboxylic acids is 1. The highest BCUT2D eigenvalue weighted by Gasteiger charge is 2.28. The lowest BCUT2D eigenvalue weighted by Gasteiger charge is -2.27. The average molecular weight is 260 g/mol. The molecule has 102 valence electrons. The lowest BCUT2D eigenvalue weighted by Crippen LogP contribution is -2.52. The van der Waals surface area contributed by atoms with Crippen molar-refractivity contribution in [3.63, 3.8) is 0 Å². The van der Waals surface area contributed by atoms with E-state index in [-0.39, 0.29) is 5.91 Å². The van der Waals surface area contributed by atoms with Gasteiger partial charge in [0.25, 0.3) is 0 Å². The zero-order chi connectivity index (χ0) is 13.3. The maximum atomic E-state index is 11.4. The molecule has 0 spiro atoms. The summed E-state index contributed by atoms with van der Waals surface area (Å²) < 4.78 is 0. The first kappa shape index (κ1) is 16.8. The van der Waals surface area contributed by atoms with Crippen LogP contribution in [-0.2, 0) is 4.79 Å². The lowest BCUT2D eigenvalue weighted by atomic mass is 9.94. The molecule has 0 saturated carbocycles. The summed E-state index contributed by atoms with van der Waals surface area (Å²) in [6.07, 6.45) is 4.26. The fourth-order valence-electron chi connectivity index (χ4n) is 1.67. The quantitative estimate of drug-likeness (QED) is 0.594. The minimum atomic E-state index is -0.532. The second-order valence-electron chi connectivity index (χ2n) is 4.77. The minimum Gasteiger partial charge on any atom is -0.368 e. The summed E-state index contributed by atoms with van der Waals surface area (Å²) in [5, 5.41) is 3.93. The number of likely N-dealkylation sites (N-methyl/N-ethyl adjacent to an activating group) is 1. The van der Waals surface area contributed by atoms with Crippen LogP contribution in [0.3, 0.4) is 0 Å². The van der Waals surface area contributed by atoms with E-state index in [1.165, 1.54) is 12.2 Å². The van der Waals surface area contributed by atoms with Crippen LogP contribution in [-0.4, -0.2) is 29.0 Å². The average Bonchev–Trinajstić information content (AvgIpc) is 2.28. The molecule has 3 N–H and O–H groups in total. The van der Waals surface area contributed by atoms with Crippen molar-refractivity contribution in [1.29, 1.82) is 0 Å². The molecule has 2 atom stereocenters. The number of rotatable bonds is 10. The molecular formula is C13H28N2OS. The van der Waals surface area contributed by atoms with Gasteiger partial charge < -0.3 is 11.1 Å². The number of primary amides is 1. The predicted octanol–water partition coefficient (Wildman–Crippen LogP) is 2.54. The normalized spacial score (nSPS) is 16.5.